The van der Waals surface area contributed by atoms with Gasteiger partial charge in [-0.2, -0.15) is 0 Å². The van der Waals surface area contributed by atoms with E-state index in [2.05, 4.69) is 33.0 Å². The Morgan fingerprint density at radius 3 is 2.33 bits per heavy atom. The van der Waals surface area contributed by atoms with Gasteiger partial charge >= 0.3 is 0 Å². The number of rotatable bonds is 7. The third-order valence-electron chi connectivity index (χ3n) is 7.88. The Morgan fingerprint density at radius 1 is 0.889 bits per heavy atom. The molecule has 0 radical (unpaired) electrons. The summed E-state index contributed by atoms with van der Waals surface area (Å²) >= 11 is 0. The molecule has 1 aromatic heterocycles. The van der Waals surface area contributed by atoms with Crippen molar-refractivity contribution in [3.63, 3.8) is 0 Å². The number of ether oxygens (including phenoxy) is 2. The number of hydrogen-bond acceptors (Lipinski definition) is 7. The summed E-state index contributed by atoms with van der Waals surface area (Å²) in [5.41, 5.74) is 1.14. The average molecular weight is 494 g/mol. The van der Waals surface area contributed by atoms with Crippen LogP contribution in [-0.4, -0.2) is 83.9 Å². The van der Waals surface area contributed by atoms with Crippen LogP contribution in [0.25, 0.3) is 0 Å². The van der Waals surface area contributed by atoms with Crippen molar-refractivity contribution in [1.82, 2.24) is 20.0 Å². The van der Waals surface area contributed by atoms with Crippen LogP contribution in [0.1, 0.15) is 50.5 Å². The highest BCUT2D eigenvalue weighted by molar-refractivity contribution is 5.77. The Balaban J connectivity index is 1.03. The van der Waals surface area contributed by atoms with Gasteiger partial charge in [-0.3, -0.25) is 9.69 Å². The van der Waals surface area contributed by atoms with E-state index in [4.69, 9.17) is 9.47 Å². The fraction of sp³-hybridized carbons (Fsp3) is 0.607. The quantitative estimate of drug-likeness (QED) is 0.583. The van der Waals surface area contributed by atoms with E-state index in [1.54, 1.807) is 0 Å². The number of aromatic nitrogens is 2. The predicted octanol–water partition coefficient (Wildman–Crippen LogP) is 3.69. The molecule has 1 aromatic carbocycles. The molecule has 2 aliphatic heterocycles. The highest BCUT2D eigenvalue weighted by Crippen LogP contribution is 2.25. The number of amides is 1. The lowest BCUT2D eigenvalue weighted by atomic mass is 9.94. The largest absolute Gasteiger partial charge is 0.490 e. The van der Waals surface area contributed by atoms with Gasteiger partial charge < -0.3 is 19.3 Å². The first-order chi connectivity index (χ1) is 17.7. The minimum absolute atomic E-state index is 0.0165. The number of piperidine rings is 1. The lowest BCUT2D eigenvalue weighted by Crippen LogP contribution is -2.51. The minimum Gasteiger partial charge on any atom is -0.490 e. The first kappa shape index (κ1) is 24.8. The SMILES string of the molecule is Cc1ccccc1OC1CCN(C(=O)COc2ccc(N3CCN(C4CCCCC4)CC3)nn2)CC1. The monoisotopic (exact) mass is 493 g/mol. The van der Waals surface area contributed by atoms with Crippen LogP contribution in [-0.2, 0) is 4.79 Å². The first-order valence-electron chi connectivity index (χ1n) is 13.6. The molecule has 8 nitrogen and oxygen atoms in total. The highest BCUT2D eigenvalue weighted by atomic mass is 16.5. The number of hydrogen-bond donors (Lipinski definition) is 0. The minimum atomic E-state index is -0.0194. The molecule has 1 amide bonds. The summed E-state index contributed by atoms with van der Waals surface area (Å²) in [6.45, 7) is 7.53. The molecule has 0 N–H and O–H groups in total. The highest BCUT2D eigenvalue weighted by Gasteiger charge is 2.26. The average Bonchev–Trinajstić information content (AvgIpc) is 2.94. The van der Waals surface area contributed by atoms with Gasteiger partial charge in [-0.1, -0.05) is 37.5 Å². The maximum absolute atomic E-state index is 12.7. The number of para-hydroxylation sites is 1. The topological polar surface area (TPSA) is 71.0 Å². The van der Waals surface area contributed by atoms with E-state index >= 15 is 0 Å². The Kier molecular flexibility index (Phi) is 8.21. The van der Waals surface area contributed by atoms with Crippen molar-refractivity contribution in [1.29, 1.82) is 0 Å². The smallest absolute Gasteiger partial charge is 0.260 e. The molecule has 5 rings (SSSR count). The van der Waals surface area contributed by atoms with Gasteiger partial charge in [0.05, 0.1) is 0 Å². The van der Waals surface area contributed by atoms with Gasteiger partial charge in [0.2, 0.25) is 5.88 Å². The van der Waals surface area contributed by atoms with Gasteiger partial charge in [-0.15, -0.1) is 10.2 Å². The van der Waals surface area contributed by atoms with Gasteiger partial charge in [0.25, 0.3) is 5.91 Å². The number of carbonyl (C=O) groups is 1. The molecule has 3 aliphatic rings. The molecule has 0 bridgehead atoms. The Morgan fingerprint density at radius 2 is 1.64 bits per heavy atom. The van der Waals surface area contributed by atoms with Crippen LogP contribution in [0.4, 0.5) is 5.82 Å². The number of anilines is 1. The molecule has 3 fully saturated rings. The second kappa shape index (κ2) is 11.9. The number of aryl methyl sites for hydroxylation is 1. The van der Waals surface area contributed by atoms with E-state index in [0.717, 1.165) is 62.2 Å². The van der Waals surface area contributed by atoms with Gasteiger partial charge in [-0.25, -0.2) is 0 Å². The summed E-state index contributed by atoms with van der Waals surface area (Å²) in [4.78, 5) is 19.5. The van der Waals surface area contributed by atoms with E-state index in [1.807, 2.05) is 35.2 Å². The number of benzene rings is 1. The van der Waals surface area contributed by atoms with Crippen LogP contribution < -0.4 is 14.4 Å². The second-order valence-electron chi connectivity index (χ2n) is 10.3. The van der Waals surface area contributed by atoms with Crippen molar-refractivity contribution in [2.45, 2.75) is 64.0 Å². The summed E-state index contributed by atoms with van der Waals surface area (Å²) < 4.78 is 11.8. The molecular formula is C28H39N5O3. The zero-order valence-corrected chi connectivity index (χ0v) is 21.5. The van der Waals surface area contributed by atoms with Crippen molar-refractivity contribution >= 4 is 11.7 Å². The number of piperazine rings is 1. The third kappa shape index (κ3) is 6.27. The van der Waals surface area contributed by atoms with E-state index in [9.17, 15) is 4.79 Å². The summed E-state index contributed by atoms with van der Waals surface area (Å²) in [7, 11) is 0. The van der Waals surface area contributed by atoms with E-state index in [0.29, 0.717) is 19.0 Å². The molecule has 36 heavy (non-hydrogen) atoms. The fourth-order valence-corrected chi connectivity index (χ4v) is 5.64. The normalized spacial score (nSPS) is 20.4. The van der Waals surface area contributed by atoms with Crippen LogP contribution >= 0.6 is 0 Å². The van der Waals surface area contributed by atoms with E-state index in [1.165, 1.54) is 32.1 Å². The summed E-state index contributed by atoms with van der Waals surface area (Å²) in [5, 5.41) is 8.61. The van der Waals surface area contributed by atoms with Crippen LogP contribution in [0.2, 0.25) is 0 Å². The van der Waals surface area contributed by atoms with Gasteiger partial charge in [0.1, 0.15) is 11.9 Å². The number of likely N-dealkylation sites (tertiary alicyclic amines) is 1. The lowest BCUT2D eigenvalue weighted by molar-refractivity contribution is -0.135. The molecule has 8 heteroatoms. The second-order valence-corrected chi connectivity index (χ2v) is 10.3. The molecule has 0 atom stereocenters. The molecule has 0 unspecified atom stereocenters. The van der Waals surface area contributed by atoms with Crippen molar-refractivity contribution < 1.29 is 14.3 Å². The molecule has 0 spiro atoms. The van der Waals surface area contributed by atoms with Crippen molar-refractivity contribution in [2.75, 3.05) is 50.8 Å². The summed E-state index contributed by atoms with van der Waals surface area (Å²) in [6, 6.07) is 12.6. The van der Waals surface area contributed by atoms with Crippen LogP contribution in [0, 0.1) is 6.92 Å². The molecule has 2 aromatic rings. The van der Waals surface area contributed by atoms with Crippen LogP contribution in [0.5, 0.6) is 11.6 Å². The van der Waals surface area contributed by atoms with E-state index in [-0.39, 0.29) is 18.6 Å². The van der Waals surface area contributed by atoms with Gasteiger partial charge in [0, 0.05) is 64.2 Å². The summed E-state index contributed by atoms with van der Waals surface area (Å²) in [6.07, 6.45) is 8.63. The molecule has 3 heterocycles. The van der Waals surface area contributed by atoms with Crippen molar-refractivity contribution in [3.8, 4) is 11.6 Å². The van der Waals surface area contributed by atoms with Crippen LogP contribution in [0.15, 0.2) is 36.4 Å². The summed E-state index contributed by atoms with van der Waals surface area (Å²) in [5.74, 6) is 2.19. The Bertz CT molecular complexity index is 979. The standard InChI is InChI=1S/C28H39N5O3/c1-22-7-5-6-10-25(22)36-24-13-15-33(16-14-24)28(34)21-35-27-12-11-26(29-30-27)32-19-17-31(18-20-32)23-8-3-2-4-9-23/h5-7,10-12,23-24H,2-4,8-9,13-21H2,1H3. The Hall–Kier alpha value is -2.87. The Labute approximate surface area is 214 Å². The molecule has 2 saturated heterocycles. The first-order valence-corrected chi connectivity index (χ1v) is 13.6. The zero-order chi connectivity index (χ0) is 24.7. The maximum atomic E-state index is 12.7. The van der Waals surface area contributed by atoms with Crippen molar-refractivity contribution in [3.05, 3.63) is 42.0 Å². The zero-order valence-electron chi connectivity index (χ0n) is 21.5. The molecular weight excluding hydrogens is 454 g/mol. The van der Waals surface area contributed by atoms with Gasteiger partial charge in [-0.05, 0) is 37.5 Å². The molecule has 1 saturated carbocycles. The third-order valence-corrected chi connectivity index (χ3v) is 7.88. The molecule has 194 valence electrons. The van der Waals surface area contributed by atoms with Gasteiger partial charge in [0.15, 0.2) is 12.4 Å². The van der Waals surface area contributed by atoms with E-state index < -0.39 is 0 Å². The van der Waals surface area contributed by atoms with Crippen molar-refractivity contribution in [2.24, 2.45) is 0 Å². The van der Waals surface area contributed by atoms with Crippen LogP contribution in [0.3, 0.4) is 0 Å². The number of carbonyl (C=O) groups excluding carboxylic acids is 1. The number of nitrogens with zero attached hydrogens (tertiary/aromatic N) is 5. The fourth-order valence-electron chi connectivity index (χ4n) is 5.64. The molecule has 1 aliphatic carbocycles. The maximum Gasteiger partial charge on any atom is 0.260 e. The lowest BCUT2D eigenvalue weighted by Gasteiger charge is -2.41. The predicted molar refractivity (Wildman–Crippen MR) is 140 cm³/mol.